The van der Waals surface area contributed by atoms with Gasteiger partial charge in [0.2, 0.25) is 0 Å². The Hall–Kier alpha value is -1.23. The molecule has 5 heteroatoms. The summed E-state index contributed by atoms with van der Waals surface area (Å²) in [4.78, 5) is 0. The maximum absolute atomic E-state index is 12.3. The van der Waals surface area contributed by atoms with Crippen molar-refractivity contribution in [3.8, 4) is 5.75 Å². The molecule has 78 valence electrons. The van der Waals surface area contributed by atoms with E-state index in [1.807, 2.05) is 0 Å². The summed E-state index contributed by atoms with van der Waals surface area (Å²) in [5, 5.41) is 11.7. The smallest absolute Gasteiger partial charge is 0.419 e. The maximum atomic E-state index is 12.3. The highest BCUT2D eigenvalue weighted by Crippen LogP contribution is 2.35. The minimum Gasteiger partial charge on any atom is -0.507 e. The van der Waals surface area contributed by atoms with Crippen LogP contribution < -0.4 is 5.32 Å². The van der Waals surface area contributed by atoms with E-state index in [2.05, 4.69) is 5.32 Å². The number of aromatic hydroxyl groups is 1. The molecule has 0 amide bonds. The Kier molecular flexibility index (Phi) is 3.00. The van der Waals surface area contributed by atoms with Crippen molar-refractivity contribution in [2.75, 3.05) is 7.05 Å². The fourth-order valence-electron chi connectivity index (χ4n) is 1.12. The molecule has 0 saturated heterocycles. The first-order valence-electron chi connectivity index (χ1n) is 3.99. The molecule has 1 aromatic rings. The number of alkyl halides is 3. The molecule has 1 rings (SSSR count). The lowest BCUT2D eigenvalue weighted by molar-refractivity contribution is -0.138. The Balaban J connectivity index is 3.09. The van der Waals surface area contributed by atoms with Crippen LogP contribution in [-0.2, 0) is 12.7 Å². The van der Waals surface area contributed by atoms with Gasteiger partial charge in [-0.1, -0.05) is 6.07 Å². The van der Waals surface area contributed by atoms with Crippen LogP contribution in [-0.4, -0.2) is 12.2 Å². The van der Waals surface area contributed by atoms with E-state index in [9.17, 15) is 13.2 Å². The molecule has 0 spiro atoms. The van der Waals surface area contributed by atoms with Gasteiger partial charge in [-0.2, -0.15) is 13.2 Å². The average molecular weight is 205 g/mol. The summed E-state index contributed by atoms with van der Waals surface area (Å²) in [5.74, 6) is -0.739. The van der Waals surface area contributed by atoms with E-state index in [4.69, 9.17) is 5.11 Å². The standard InChI is InChI=1S/C9H10F3NO/c1-13-5-6-2-3-8(14)7(4-6)9(10,11)12/h2-4,13-14H,5H2,1H3. The van der Waals surface area contributed by atoms with Crippen LogP contribution in [0.4, 0.5) is 13.2 Å². The van der Waals surface area contributed by atoms with E-state index < -0.39 is 17.5 Å². The molecule has 0 radical (unpaired) electrons. The Bertz CT molecular complexity index is 322. The number of benzene rings is 1. The number of nitrogens with one attached hydrogen (secondary N) is 1. The van der Waals surface area contributed by atoms with Gasteiger partial charge < -0.3 is 10.4 Å². The van der Waals surface area contributed by atoms with Crippen LogP contribution in [0.3, 0.4) is 0 Å². The Morgan fingerprint density at radius 1 is 1.36 bits per heavy atom. The zero-order chi connectivity index (χ0) is 10.8. The summed E-state index contributed by atoms with van der Waals surface area (Å²) in [5.41, 5.74) is -0.511. The van der Waals surface area contributed by atoms with Gasteiger partial charge in [-0.15, -0.1) is 0 Å². The summed E-state index contributed by atoms with van der Waals surface area (Å²) in [7, 11) is 1.64. The first-order valence-corrected chi connectivity index (χ1v) is 3.99. The highest BCUT2D eigenvalue weighted by molar-refractivity contribution is 5.38. The third-order valence-corrected chi connectivity index (χ3v) is 1.75. The molecule has 0 aliphatic carbocycles. The number of phenolic OH excluding ortho intramolecular Hbond substituents is 1. The summed E-state index contributed by atoms with van der Waals surface area (Å²) in [6.07, 6.45) is -4.51. The molecule has 14 heavy (non-hydrogen) atoms. The number of phenols is 1. The molecule has 2 nitrogen and oxygen atoms in total. The molecule has 0 aliphatic rings. The largest absolute Gasteiger partial charge is 0.507 e. The molecule has 0 unspecified atom stereocenters. The van der Waals surface area contributed by atoms with Crippen molar-refractivity contribution in [3.05, 3.63) is 29.3 Å². The van der Waals surface area contributed by atoms with Crippen molar-refractivity contribution in [2.45, 2.75) is 12.7 Å². The lowest BCUT2D eigenvalue weighted by Gasteiger charge is -2.10. The van der Waals surface area contributed by atoms with Gasteiger partial charge in [0.05, 0.1) is 5.56 Å². The van der Waals surface area contributed by atoms with Gasteiger partial charge in [-0.25, -0.2) is 0 Å². The van der Waals surface area contributed by atoms with Crippen molar-refractivity contribution in [1.29, 1.82) is 0 Å². The predicted octanol–water partition coefficient (Wildman–Crippen LogP) is 2.13. The van der Waals surface area contributed by atoms with Crippen molar-refractivity contribution in [2.24, 2.45) is 0 Å². The van der Waals surface area contributed by atoms with Gasteiger partial charge in [0, 0.05) is 6.54 Å². The molecule has 2 N–H and O–H groups in total. The van der Waals surface area contributed by atoms with Gasteiger partial charge in [0.15, 0.2) is 0 Å². The van der Waals surface area contributed by atoms with Crippen LogP contribution >= 0.6 is 0 Å². The third kappa shape index (κ3) is 2.38. The minimum absolute atomic E-state index is 0.337. The fraction of sp³-hybridized carbons (Fsp3) is 0.333. The molecule has 0 aromatic heterocycles. The lowest BCUT2D eigenvalue weighted by atomic mass is 10.1. The first kappa shape index (κ1) is 10.8. The average Bonchev–Trinajstić information content (AvgIpc) is 2.07. The number of halogens is 3. The van der Waals surface area contributed by atoms with Crippen LogP contribution in [0.25, 0.3) is 0 Å². The van der Waals surface area contributed by atoms with E-state index in [1.54, 1.807) is 7.05 Å². The van der Waals surface area contributed by atoms with Gasteiger partial charge in [0.25, 0.3) is 0 Å². The molecule has 1 aromatic carbocycles. The molecule has 0 saturated carbocycles. The molecule has 0 aliphatic heterocycles. The number of hydrogen-bond acceptors (Lipinski definition) is 2. The number of rotatable bonds is 2. The quantitative estimate of drug-likeness (QED) is 0.775. The molecule has 0 atom stereocenters. The highest BCUT2D eigenvalue weighted by Gasteiger charge is 2.33. The third-order valence-electron chi connectivity index (χ3n) is 1.75. The Morgan fingerprint density at radius 3 is 2.50 bits per heavy atom. The summed E-state index contributed by atoms with van der Waals surface area (Å²) in [6.45, 7) is 0.337. The zero-order valence-electron chi connectivity index (χ0n) is 7.52. The van der Waals surface area contributed by atoms with E-state index in [1.165, 1.54) is 6.07 Å². The molecular formula is C9H10F3NO. The topological polar surface area (TPSA) is 32.3 Å². The first-order chi connectivity index (χ1) is 6.45. The van der Waals surface area contributed by atoms with E-state index >= 15 is 0 Å². The van der Waals surface area contributed by atoms with Crippen molar-refractivity contribution in [1.82, 2.24) is 5.32 Å². The van der Waals surface area contributed by atoms with E-state index in [0.29, 0.717) is 12.1 Å². The van der Waals surface area contributed by atoms with E-state index in [0.717, 1.165) is 12.1 Å². The van der Waals surface area contributed by atoms with Gasteiger partial charge in [0.1, 0.15) is 5.75 Å². The summed E-state index contributed by atoms with van der Waals surface area (Å²) < 4.78 is 36.9. The van der Waals surface area contributed by atoms with Crippen LogP contribution in [0.2, 0.25) is 0 Å². The van der Waals surface area contributed by atoms with Crippen LogP contribution in [0.15, 0.2) is 18.2 Å². The number of hydrogen-bond donors (Lipinski definition) is 2. The van der Waals surface area contributed by atoms with Crippen LogP contribution in [0, 0.1) is 0 Å². The minimum atomic E-state index is -4.51. The second kappa shape index (κ2) is 3.88. The predicted molar refractivity (Wildman–Crippen MR) is 45.9 cm³/mol. The van der Waals surface area contributed by atoms with Crippen molar-refractivity contribution in [3.63, 3.8) is 0 Å². The second-order valence-corrected chi connectivity index (χ2v) is 2.88. The zero-order valence-corrected chi connectivity index (χ0v) is 7.52. The fourth-order valence-corrected chi connectivity index (χ4v) is 1.12. The Morgan fingerprint density at radius 2 is 2.00 bits per heavy atom. The molecule has 0 heterocycles. The highest BCUT2D eigenvalue weighted by atomic mass is 19.4. The van der Waals surface area contributed by atoms with Gasteiger partial charge in [-0.3, -0.25) is 0 Å². The normalized spacial score (nSPS) is 11.7. The van der Waals surface area contributed by atoms with Crippen molar-refractivity contribution < 1.29 is 18.3 Å². The monoisotopic (exact) mass is 205 g/mol. The van der Waals surface area contributed by atoms with Gasteiger partial charge >= 0.3 is 6.18 Å². The molecule has 0 bridgehead atoms. The van der Waals surface area contributed by atoms with Crippen LogP contribution in [0.1, 0.15) is 11.1 Å². The SMILES string of the molecule is CNCc1ccc(O)c(C(F)(F)F)c1. The molecule has 0 fully saturated rings. The Labute approximate surface area is 79.4 Å². The second-order valence-electron chi connectivity index (χ2n) is 2.88. The summed E-state index contributed by atoms with van der Waals surface area (Å²) >= 11 is 0. The van der Waals surface area contributed by atoms with E-state index in [-0.39, 0.29) is 0 Å². The lowest BCUT2D eigenvalue weighted by Crippen LogP contribution is -2.09. The van der Waals surface area contributed by atoms with Crippen LogP contribution in [0.5, 0.6) is 5.75 Å². The van der Waals surface area contributed by atoms with Crippen molar-refractivity contribution >= 4 is 0 Å². The molecular weight excluding hydrogens is 195 g/mol. The maximum Gasteiger partial charge on any atom is 0.419 e. The van der Waals surface area contributed by atoms with Gasteiger partial charge in [-0.05, 0) is 24.7 Å². The summed E-state index contributed by atoms with van der Waals surface area (Å²) in [6, 6.07) is 3.43.